The number of carboxylic acids is 1. The molecular weight excluding hydrogens is 293 g/mol. The van der Waals surface area contributed by atoms with Crippen molar-refractivity contribution in [3.05, 3.63) is 35.6 Å². The fourth-order valence-electron chi connectivity index (χ4n) is 1.27. The molecule has 0 atom stereocenters. The van der Waals surface area contributed by atoms with Crippen LogP contribution in [0.4, 0.5) is 13.2 Å². The third-order valence-corrected chi connectivity index (χ3v) is 2.04. The SMILES string of the molecule is CC(=O)Oc1ccc(C=C(OCC(F)(F)F)C(=O)O)cc1. The van der Waals surface area contributed by atoms with Gasteiger partial charge >= 0.3 is 18.1 Å². The number of carbonyl (C=O) groups excluding carboxylic acids is 1. The van der Waals surface area contributed by atoms with E-state index in [0.717, 1.165) is 6.08 Å². The molecule has 0 aliphatic carbocycles. The Hall–Kier alpha value is -2.51. The van der Waals surface area contributed by atoms with Gasteiger partial charge in [0.15, 0.2) is 6.61 Å². The number of rotatable bonds is 5. The maximum Gasteiger partial charge on any atom is 0.422 e. The molecule has 0 saturated heterocycles. The first kappa shape index (κ1) is 16.5. The highest BCUT2D eigenvalue weighted by molar-refractivity contribution is 5.89. The van der Waals surface area contributed by atoms with Crippen molar-refractivity contribution in [2.24, 2.45) is 0 Å². The van der Waals surface area contributed by atoms with Crippen molar-refractivity contribution in [1.29, 1.82) is 0 Å². The third kappa shape index (κ3) is 6.46. The lowest BCUT2D eigenvalue weighted by Gasteiger charge is -2.09. The van der Waals surface area contributed by atoms with E-state index in [1.54, 1.807) is 0 Å². The van der Waals surface area contributed by atoms with Crippen molar-refractivity contribution < 1.29 is 37.3 Å². The molecule has 21 heavy (non-hydrogen) atoms. The summed E-state index contributed by atoms with van der Waals surface area (Å²) in [6.45, 7) is -0.488. The zero-order valence-corrected chi connectivity index (χ0v) is 10.8. The van der Waals surface area contributed by atoms with Gasteiger partial charge in [-0.25, -0.2) is 4.79 Å². The lowest BCUT2D eigenvalue weighted by molar-refractivity contribution is -0.169. The molecule has 0 aromatic heterocycles. The van der Waals surface area contributed by atoms with Crippen LogP contribution in [0, 0.1) is 0 Å². The summed E-state index contributed by atoms with van der Waals surface area (Å²) in [5.41, 5.74) is 0.283. The number of alkyl halides is 3. The largest absolute Gasteiger partial charge is 0.477 e. The van der Waals surface area contributed by atoms with Crippen LogP contribution < -0.4 is 4.74 Å². The number of aliphatic carboxylic acids is 1. The quantitative estimate of drug-likeness (QED) is 0.392. The van der Waals surface area contributed by atoms with Gasteiger partial charge in [0.2, 0.25) is 5.76 Å². The van der Waals surface area contributed by atoms with Crippen LogP contribution in [-0.4, -0.2) is 29.8 Å². The summed E-state index contributed by atoms with van der Waals surface area (Å²) in [4.78, 5) is 21.5. The second-order valence-electron chi connectivity index (χ2n) is 3.88. The normalized spacial score (nSPS) is 11.9. The first-order valence-electron chi connectivity index (χ1n) is 5.60. The van der Waals surface area contributed by atoms with E-state index in [1.165, 1.54) is 31.2 Å². The maximum atomic E-state index is 12.0. The highest BCUT2D eigenvalue weighted by Crippen LogP contribution is 2.19. The zero-order valence-electron chi connectivity index (χ0n) is 10.8. The predicted octanol–water partition coefficient (Wildman–Crippen LogP) is 2.62. The van der Waals surface area contributed by atoms with Gasteiger partial charge in [-0.3, -0.25) is 4.79 Å². The highest BCUT2D eigenvalue weighted by Gasteiger charge is 2.29. The van der Waals surface area contributed by atoms with Crippen molar-refractivity contribution in [1.82, 2.24) is 0 Å². The smallest absolute Gasteiger partial charge is 0.422 e. The molecule has 5 nitrogen and oxygen atoms in total. The molecule has 1 aromatic carbocycles. The molecule has 0 bridgehead atoms. The molecule has 0 fully saturated rings. The van der Waals surface area contributed by atoms with Crippen molar-refractivity contribution in [2.75, 3.05) is 6.61 Å². The fourth-order valence-corrected chi connectivity index (χ4v) is 1.27. The molecule has 0 radical (unpaired) electrons. The molecule has 0 aliphatic rings. The topological polar surface area (TPSA) is 72.8 Å². The lowest BCUT2D eigenvalue weighted by Crippen LogP contribution is -2.19. The minimum Gasteiger partial charge on any atom is -0.477 e. The van der Waals surface area contributed by atoms with Gasteiger partial charge in [-0.2, -0.15) is 13.2 Å². The van der Waals surface area contributed by atoms with Crippen LogP contribution in [-0.2, 0) is 14.3 Å². The van der Waals surface area contributed by atoms with E-state index in [1.807, 2.05) is 0 Å². The zero-order chi connectivity index (χ0) is 16.0. The standard InChI is InChI=1S/C13H11F3O5/c1-8(17)21-10-4-2-9(3-5-10)6-11(12(18)19)20-7-13(14,15)16/h2-6H,7H2,1H3,(H,18,19). The third-order valence-electron chi connectivity index (χ3n) is 2.04. The number of carbonyl (C=O) groups is 2. The fraction of sp³-hybridized carbons (Fsp3) is 0.231. The van der Waals surface area contributed by atoms with Crippen LogP contribution in [0.3, 0.4) is 0 Å². The summed E-state index contributed by atoms with van der Waals surface area (Å²) in [5, 5.41) is 8.77. The summed E-state index contributed by atoms with van der Waals surface area (Å²) in [6, 6.07) is 5.49. The van der Waals surface area contributed by atoms with E-state index < -0.39 is 30.5 Å². The van der Waals surface area contributed by atoms with Crippen molar-refractivity contribution in [3.63, 3.8) is 0 Å². The minimum absolute atomic E-state index is 0.229. The van der Waals surface area contributed by atoms with Gasteiger partial charge in [-0.15, -0.1) is 0 Å². The van der Waals surface area contributed by atoms with Gasteiger partial charge in [0.25, 0.3) is 0 Å². The van der Waals surface area contributed by atoms with Crippen molar-refractivity contribution in [2.45, 2.75) is 13.1 Å². The molecule has 0 saturated carbocycles. The maximum absolute atomic E-state index is 12.0. The number of esters is 1. The van der Waals surface area contributed by atoms with Gasteiger partial charge in [-0.05, 0) is 23.8 Å². The van der Waals surface area contributed by atoms with E-state index in [4.69, 9.17) is 9.84 Å². The number of benzene rings is 1. The van der Waals surface area contributed by atoms with Crippen molar-refractivity contribution in [3.8, 4) is 5.75 Å². The molecule has 1 aromatic rings. The van der Waals surface area contributed by atoms with E-state index in [2.05, 4.69) is 4.74 Å². The number of hydrogen-bond acceptors (Lipinski definition) is 4. The van der Waals surface area contributed by atoms with Crippen LogP contribution in [0.2, 0.25) is 0 Å². The molecule has 0 aliphatic heterocycles. The Morgan fingerprint density at radius 3 is 2.24 bits per heavy atom. The summed E-state index contributed by atoms with van der Waals surface area (Å²) in [7, 11) is 0. The van der Waals surface area contributed by atoms with E-state index in [9.17, 15) is 22.8 Å². The van der Waals surface area contributed by atoms with Gasteiger partial charge < -0.3 is 14.6 Å². The lowest BCUT2D eigenvalue weighted by atomic mass is 10.2. The Morgan fingerprint density at radius 1 is 1.24 bits per heavy atom. The Kier molecular flexibility index (Phi) is 5.34. The van der Waals surface area contributed by atoms with E-state index in [-0.39, 0.29) is 11.3 Å². The first-order chi connectivity index (χ1) is 9.67. The monoisotopic (exact) mass is 304 g/mol. The van der Waals surface area contributed by atoms with Crippen LogP contribution >= 0.6 is 0 Å². The molecule has 0 amide bonds. The number of halogens is 3. The van der Waals surface area contributed by atoms with E-state index in [0.29, 0.717) is 0 Å². The summed E-state index contributed by atoms with van der Waals surface area (Å²) >= 11 is 0. The number of carboxylic acid groups (broad SMARTS) is 1. The molecule has 1 N–H and O–H groups in total. The molecule has 0 heterocycles. The van der Waals surface area contributed by atoms with Gasteiger partial charge in [0.05, 0.1) is 0 Å². The van der Waals surface area contributed by atoms with Gasteiger partial charge in [-0.1, -0.05) is 12.1 Å². The highest BCUT2D eigenvalue weighted by atomic mass is 19.4. The molecule has 0 spiro atoms. The Labute approximate surface area is 117 Å². The average Bonchev–Trinajstić information content (AvgIpc) is 2.34. The summed E-state index contributed by atoms with van der Waals surface area (Å²) in [5.74, 6) is -2.76. The van der Waals surface area contributed by atoms with E-state index >= 15 is 0 Å². The Bertz CT molecular complexity index is 546. The van der Waals surface area contributed by atoms with Crippen LogP contribution in [0.5, 0.6) is 5.75 Å². The summed E-state index contributed by atoms with van der Waals surface area (Å²) in [6.07, 6.45) is -3.70. The van der Waals surface area contributed by atoms with Crippen LogP contribution in [0.1, 0.15) is 12.5 Å². The summed E-state index contributed by atoms with van der Waals surface area (Å²) < 4.78 is 45.0. The molecule has 8 heteroatoms. The second-order valence-corrected chi connectivity index (χ2v) is 3.88. The molecule has 1 rings (SSSR count). The first-order valence-corrected chi connectivity index (χ1v) is 5.60. The molecule has 114 valence electrons. The van der Waals surface area contributed by atoms with Crippen molar-refractivity contribution >= 4 is 18.0 Å². The van der Waals surface area contributed by atoms with Gasteiger partial charge in [0, 0.05) is 6.92 Å². The molecular formula is C13H11F3O5. The molecule has 0 unspecified atom stereocenters. The predicted molar refractivity (Wildman–Crippen MR) is 65.4 cm³/mol. The minimum atomic E-state index is -4.63. The number of hydrogen-bond donors (Lipinski definition) is 1. The van der Waals surface area contributed by atoms with Crippen LogP contribution in [0.15, 0.2) is 30.0 Å². The Morgan fingerprint density at radius 2 is 1.81 bits per heavy atom. The van der Waals surface area contributed by atoms with Crippen LogP contribution in [0.25, 0.3) is 6.08 Å². The second kappa shape index (κ2) is 6.78. The average molecular weight is 304 g/mol. The number of ether oxygens (including phenoxy) is 2. The van der Waals surface area contributed by atoms with Gasteiger partial charge in [0.1, 0.15) is 5.75 Å². The Balaban J connectivity index is 2.85.